The van der Waals surface area contributed by atoms with Crippen molar-refractivity contribution >= 4 is 45.9 Å². The molecule has 0 saturated carbocycles. The van der Waals surface area contributed by atoms with E-state index in [4.69, 9.17) is 10.2 Å². The maximum atomic E-state index is 10.2. The normalized spacial score (nSPS) is 14.9. The zero-order chi connectivity index (χ0) is 10.4. The molecule has 0 aromatic heterocycles. The highest BCUT2D eigenvalue weighted by atomic mass is 32.2. The van der Waals surface area contributed by atoms with Crippen LogP contribution in [-0.2, 0) is 0 Å². The Labute approximate surface area is 88.8 Å². The van der Waals surface area contributed by atoms with E-state index in [9.17, 15) is 9.59 Å². The first kappa shape index (κ1) is 13.0. The van der Waals surface area contributed by atoms with E-state index in [0.29, 0.717) is 0 Å². The van der Waals surface area contributed by atoms with Gasteiger partial charge in [-0.2, -0.15) is 0 Å². The molecule has 13 heavy (non-hydrogen) atoms. The van der Waals surface area contributed by atoms with Gasteiger partial charge in [0.05, 0.1) is 9.16 Å². The van der Waals surface area contributed by atoms with E-state index in [-0.39, 0.29) is 9.16 Å². The van der Waals surface area contributed by atoms with E-state index in [2.05, 4.69) is 0 Å². The quantitative estimate of drug-likeness (QED) is 0.733. The lowest BCUT2D eigenvalue weighted by molar-refractivity contribution is 0.221. The molecule has 76 valence electrons. The van der Waals surface area contributed by atoms with Gasteiger partial charge in [-0.3, -0.25) is 0 Å². The molecule has 0 rings (SSSR count). The molecule has 0 saturated heterocycles. The fraction of sp³-hybridized carbons (Fsp3) is 0.667. The van der Waals surface area contributed by atoms with Gasteiger partial charge < -0.3 is 10.2 Å². The second-order valence-corrected chi connectivity index (χ2v) is 6.91. The van der Waals surface area contributed by atoms with E-state index in [0.717, 1.165) is 23.5 Å². The summed E-state index contributed by atoms with van der Waals surface area (Å²) in [6.07, 6.45) is 0. The van der Waals surface area contributed by atoms with Gasteiger partial charge in [-0.15, -0.1) is 11.8 Å². The molecule has 2 atom stereocenters. The van der Waals surface area contributed by atoms with Gasteiger partial charge in [0.1, 0.15) is 0 Å². The van der Waals surface area contributed by atoms with Crippen LogP contribution in [0.4, 0.5) is 9.59 Å². The first-order valence-corrected chi connectivity index (χ1v) is 6.06. The van der Waals surface area contributed by atoms with Crippen molar-refractivity contribution in [2.24, 2.45) is 0 Å². The molecule has 2 unspecified atom stereocenters. The average Bonchev–Trinajstić information content (AvgIpc) is 1.80. The van der Waals surface area contributed by atoms with Crippen LogP contribution in [0.2, 0.25) is 0 Å². The molecule has 0 spiro atoms. The van der Waals surface area contributed by atoms with E-state index in [1.165, 1.54) is 11.8 Å². The summed E-state index contributed by atoms with van der Waals surface area (Å²) in [6.45, 7) is 3.48. The Morgan fingerprint density at radius 2 is 1.31 bits per heavy atom. The number of hydrogen-bond donors (Lipinski definition) is 2. The molecule has 0 aromatic carbocycles. The molecule has 0 bridgehead atoms. The molecule has 2 N–H and O–H groups in total. The monoisotopic (exact) mass is 242 g/mol. The summed E-state index contributed by atoms with van der Waals surface area (Å²) >= 11 is 2.89. The maximum Gasteiger partial charge on any atom is 0.365 e. The molecule has 0 aliphatic heterocycles. The lowest BCUT2D eigenvalue weighted by Crippen LogP contribution is -2.02. The number of hydrogen-bond acceptors (Lipinski definition) is 5. The molecule has 4 nitrogen and oxygen atoms in total. The highest BCUT2D eigenvalue weighted by molar-refractivity contribution is 8.31. The SMILES string of the molecule is CC(SC(=O)O)SC(C)SC(=O)O. The van der Waals surface area contributed by atoms with Gasteiger partial charge in [-0.25, -0.2) is 9.59 Å². The highest BCUT2D eigenvalue weighted by Crippen LogP contribution is 2.32. The van der Waals surface area contributed by atoms with Crippen molar-refractivity contribution in [3.8, 4) is 0 Å². The fourth-order valence-electron chi connectivity index (χ4n) is 0.609. The molecule has 0 heterocycles. The van der Waals surface area contributed by atoms with Gasteiger partial charge in [0.15, 0.2) is 0 Å². The molecule has 7 heteroatoms. The van der Waals surface area contributed by atoms with Crippen molar-refractivity contribution in [1.29, 1.82) is 0 Å². The molecule has 0 fully saturated rings. The molecule has 0 aliphatic carbocycles. The van der Waals surface area contributed by atoms with Crippen molar-refractivity contribution in [3.05, 3.63) is 0 Å². The zero-order valence-electron chi connectivity index (χ0n) is 7.09. The molecular formula is C6H10O4S3. The lowest BCUT2D eigenvalue weighted by Gasteiger charge is -2.11. The molecule has 0 amide bonds. The van der Waals surface area contributed by atoms with Crippen LogP contribution >= 0.6 is 35.3 Å². The van der Waals surface area contributed by atoms with Crippen LogP contribution in [0.25, 0.3) is 0 Å². The first-order valence-electron chi connectivity index (χ1n) is 3.36. The van der Waals surface area contributed by atoms with Crippen LogP contribution < -0.4 is 0 Å². The van der Waals surface area contributed by atoms with Crippen LogP contribution in [0.1, 0.15) is 13.8 Å². The summed E-state index contributed by atoms with van der Waals surface area (Å²) in [5, 5.41) is 14.9. The van der Waals surface area contributed by atoms with Crippen molar-refractivity contribution in [3.63, 3.8) is 0 Å². The van der Waals surface area contributed by atoms with Gasteiger partial charge in [0.25, 0.3) is 0 Å². The number of carbonyl (C=O) groups is 2. The van der Waals surface area contributed by atoms with Crippen molar-refractivity contribution in [2.75, 3.05) is 0 Å². The standard InChI is InChI=1S/C6H10O4S3/c1-3(12-5(7)8)11-4(2)13-6(9)10/h3-4H,1-2H3,(H,7,8)(H,9,10). The summed E-state index contributed by atoms with van der Waals surface area (Å²) < 4.78 is -0.279. The van der Waals surface area contributed by atoms with Crippen LogP contribution in [0.5, 0.6) is 0 Å². The first-order chi connectivity index (χ1) is 5.91. The fourth-order valence-corrected chi connectivity index (χ4v) is 3.87. The van der Waals surface area contributed by atoms with Gasteiger partial charge in [0, 0.05) is 0 Å². The lowest BCUT2D eigenvalue weighted by atomic mass is 10.9. The molecule has 0 aliphatic rings. The predicted octanol–water partition coefficient (Wildman–Crippen LogP) is 3.23. The van der Waals surface area contributed by atoms with Crippen LogP contribution in [0.3, 0.4) is 0 Å². The van der Waals surface area contributed by atoms with E-state index in [1.54, 1.807) is 13.8 Å². The minimum atomic E-state index is -0.937. The topological polar surface area (TPSA) is 74.6 Å². The minimum absolute atomic E-state index is 0.139. The summed E-state index contributed by atoms with van der Waals surface area (Å²) in [5.74, 6) is 0. The Kier molecular flexibility index (Phi) is 6.44. The number of carboxylic acid groups (broad SMARTS) is 2. The van der Waals surface area contributed by atoms with Gasteiger partial charge in [0.2, 0.25) is 0 Å². The second kappa shape index (κ2) is 6.44. The summed E-state index contributed by atoms with van der Waals surface area (Å²) in [5.41, 5.74) is 0. The van der Waals surface area contributed by atoms with Crippen molar-refractivity contribution in [1.82, 2.24) is 0 Å². The van der Waals surface area contributed by atoms with E-state index >= 15 is 0 Å². The highest BCUT2D eigenvalue weighted by Gasteiger charge is 2.15. The molecule has 0 aromatic rings. The van der Waals surface area contributed by atoms with Crippen molar-refractivity contribution in [2.45, 2.75) is 23.0 Å². The minimum Gasteiger partial charge on any atom is -0.473 e. The maximum absolute atomic E-state index is 10.2. The Hall–Kier alpha value is -0.0100. The van der Waals surface area contributed by atoms with Crippen LogP contribution in [0.15, 0.2) is 0 Å². The Balaban J connectivity index is 3.70. The van der Waals surface area contributed by atoms with E-state index < -0.39 is 10.6 Å². The summed E-state index contributed by atoms with van der Waals surface area (Å²) in [4.78, 5) is 20.5. The summed E-state index contributed by atoms with van der Waals surface area (Å²) in [7, 11) is 0. The number of rotatable bonds is 4. The zero-order valence-corrected chi connectivity index (χ0v) is 9.54. The number of thioether (sulfide) groups is 3. The molecular weight excluding hydrogens is 232 g/mol. The largest absolute Gasteiger partial charge is 0.473 e. The van der Waals surface area contributed by atoms with Gasteiger partial charge >= 0.3 is 10.6 Å². The van der Waals surface area contributed by atoms with Crippen LogP contribution in [-0.4, -0.2) is 30.0 Å². The average molecular weight is 242 g/mol. The third kappa shape index (κ3) is 8.32. The second-order valence-electron chi connectivity index (χ2n) is 2.04. The van der Waals surface area contributed by atoms with Gasteiger partial charge in [-0.1, -0.05) is 0 Å². The Morgan fingerprint density at radius 1 is 1.00 bits per heavy atom. The smallest absolute Gasteiger partial charge is 0.365 e. The Bertz CT molecular complexity index is 176. The third-order valence-electron chi connectivity index (χ3n) is 0.917. The predicted molar refractivity (Wildman–Crippen MR) is 57.7 cm³/mol. The summed E-state index contributed by atoms with van der Waals surface area (Å²) in [6, 6.07) is 0. The van der Waals surface area contributed by atoms with Crippen molar-refractivity contribution < 1.29 is 19.8 Å². The molecule has 0 radical (unpaired) electrons. The van der Waals surface area contributed by atoms with Crippen LogP contribution in [0, 0.1) is 0 Å². The van der Waals surface area contributed by atoms with Gasteiger partial charge in [-0.05, 0) is 37.4 Å². The third-order valence-corrected chi connectivity index (χ3v) is 3.99. The Morgan fingerprint density at radius 3 is 1.54 bits per heavy atom. The van der Waals surface area contributed by atoms with E-state index in [1.807, 2.05) is 0 Å².